The molecular formula is C14H19FN2O. The van der Waals surface area contributed by atoms with E-state index in [0.717, 1.165) is 5.56 Å². The summed E-state index contributed by atoms with van der Waals surface area (Å²) >= 11 is 0. The van der Waals surface area contributed by atoms with Crippen molar-refractivity contribution in [3.05, 3.63) is 48.3 Å². The zero-order valence-corrected chi connectivity index (χ0v) is 10.6. The molecule has 3 nitrogen and oxygen atoms in total. The second kappa shape index (κ2) is 6.91. The standard InChI is InChI=1S/C14H19FN2O/c1-3-6-13(16)14(18)17(4-2)10-11-7-5-8-12(15)9-11/h3,5,7-9,13H,1,4,6,10,16H2,2H3. The van der Waals surface area contributed by atoms with Crippen molar-refractivity contribution in [3.8, 4) is 0 Å². The topological polar surface area (TPSA) is 46.3 Å². The number of nitrogens with zero attached hydrogens (tertiary/aromatic N) is 1. The van der Waals surface area contributed by atoms with E-state index in [1.807, 2.05) is 6.92 Å². The van der Waals surface area contributed by atoms with E-state index >= 15 is 0 Å². The van der Waals surface area contributed by atoms with Crippen LogP contribution in [-0.2, 0) is 11.3 Å². The van der Waals surface area contributed by atoms with Crippen LogP contribution in [0.5, 0.6) is 0 Å². The minimum Gasteiger partial charge on any atom is -0.337 e. The summed E-state index contributed by atoms with van der Waals surface area (Å²) in [5.74, 6) is -0.437. The highest BCUT2D eigenvalue weighted by Crippen LogP contribution is 2.09. The van der Waals surface area contributed by atoms with E-state index in [-0.39, 0.29) is 11.7 Å². The van der Waals surface area contributed by atoms with Crippen molar-refractivity contribution < 1.29 is 9.18 Å². The van der Waals surface area contributed by atoms with Gasteiger partial charge in [-0.1, -0.05) is 18.2 Å². The summed E-state index contributed by atoms with van der Waals surface area (Å²) in [7, 11) is 0. The van der Waals surface area contributed by atoms with Crippen LogP contribution in [0.25, 0.3) is 0 Å². The number of halogens is 1. The van der Waals surface area contributed by atoms with Crippen molar-refractivity contribution >= 4 is 5.91 Å². The van der Waals surface area contributed by atoms with Gasteiger partial charge in [-0.05, 0) is 31.0 Å². The average molecular weight is 250 g/mol. The van der Waals surface area contributed by atoms with Crippen LogP contribution in [0.1, 0.15) is 18.9 Å². The first-order valence-electron chi connectivity index (χ1n) is 5.98. The molecule has 0 radical (unpaired) electrons. The summed E-state index contributed by atoms with van der Waals surface area (Å²) in [5, 5.41) is 0. The fourth-order valence-electron chi connectivity index (χ4n) is 1.72. The molecule has 1 rings (SSSR count). The van der Waals surface area contributed by atoms with Crippen LogP contribution in [0.15, 0.2) is 36.9 Å². The zero-order chi connectivity index (χ0) is 13.5. The van der Waals surface area contributed by atoms with E-state index in [2.05, 4.69) is 6.58 Å². The van der Waals surface area contributed by atoms with Crippen LogP contribution >= 0.6 is 0 Å². The third-order valence-corrected chi connectivity index (χ3v) is 2.69. The largest absolute Gasteiger partial charge is 0.337 e. The lowest BCUT2D eigenvalue weighted by atomic mass is 10.1. The first-order chi connectivity index (χ1) is 8.58. The average Bonchev–Trinajstić information content (AvgIpc) is 2.35. The molecule has 0 aliphatic heterocycles. The number of rotatable bonds is 6. The lowest BCUT2D eigenvalue weighted by Crippen LogP contribution is -2.43. The Morgan fingerprint density at radius 1 is 1.61 bits per heavy atom. The molecule has 0 spiro atoms. The van der Waals surface area contributed by atoms with Gasteiger partial charge in [-0.3, -0.25) is 4.79 Å². The quantitative estimate of drug-likeness (QED) is 0.786. The lowest BCUT2D eigenvalue weighted by Gasteiger charge is -2.24. The number of carbonyl (C=O) groups excluding carboxylic acids is 1. The van der Waals surface area contributed by atoms with E-state index in [0.29, 0.717) is 19.5 Å². The molecule has 1 aromatic carbocycles. The first-order valence-corrected chi connectivity index (χ1v) is 5.98. The van der Waals surface area contributed by atoms with Crippen LogP contribution < -0.4 is 5.73 Å². The minimum atomic E-state index is -0.573. The Balaban J connectivity index is 2.72. The minimum absolute atomic E-state index is 0.137. The van der Waals surface area contributed by atoms with Crippen LogP contribution in [0, 0.1) is 5.82 Å². The normalized spacial score (nSPS) is 11.9. The van der Waals surface area contributed by atoms with Gasteiger partial charge in [0.1, 0.15) is 5.82 Å². The number of hydrogen-bond donors (Lipinski definition) is 1. The number of hydrogen-bond acceptors (Lipinski definition) is 2. The van der Waals surface area contributed by atoms with E-state index in [9.17, 15) is 9.18 Å². The molecule has 0 aliphatic carbocycles. The SMILES string of the molecule is C=CCC(N)C(=O)N(CC)Cc1cccc(F)c1. The fourth-order valence-corrected chi connectivity index (χ4v) is 1.72. The van der Waals surface area contributed by atoms with Crippen LogP contribution in [-0.4, -0.2) is 23.4 Å². The highest BCUT2D eigenvalue weighted by Gasteiger charge is 2.18. The second-order valence-electron chi connectivity index (χ2n) is 4.11. The highest BCUT2D eigenvalue weighted by atomic mass is 19.1. The van der Waals surface area contributed by atoms with Crippen molar-refractivity contribution in [1.82, 2.24) is 4.90 Å². The summed E-state index contributed by atoms with van der Waals surface area (Å²) < 4.78 is 13.1. The van der Waals surface area contributed by atoms with Crippen LogP contribution in [0.3, 0.4) is 0 Å². The summed E-state index contributed by atoms with van der Waals surface area (Å²) in [6, 6.07) is 5.65. The Bertz CT molecular complexity index is 420. The smallest absolute Gasteiger partial charge is 0.240 e. The van der Waals surface area contributed by atoms with Gasteiger partial charge in [0.25, 0.3) is 0 Å². The van der Waals surface area contributed by atoms with E-state index in [4.69, 9.17) is 5.73 Å². The van der Waals surface area contributed by atoms with Gasteiger partial charge in [-0.15, -0.1) is 6.58 Å². The summed E-state index contributed by atoms with van der Waals surface area (Å²) in [6.45, 7) is 6.35. The molecular weight excluding hydrogens is 231 g/mol. The lowest BCUT2D eigenvalue weighted by molar-refractivity contribution is -0.132. The molecule has 4 heteroatoms. The van der Waals surface area contributed by atoms with Crippen LogP contribution in [0.2, 0.25) is 0 Å². The Morgan fingerprint density at radius 3 is 2.89 bits per heavy atom. The molecule has 0 heterocycles. The highest BCUT2D eigenvalue weighted by molar-refractivity contribution is 5.81. The molecule has 1 aromatic rings. The van der Waals surface area contributed by atoms with Gasteiger partial charge in [0.15, 0.2) is 0 Å². The van der Waals surface area contributed by atoms with Gasteiger partial charge < -0.3 is 10.6 Å². The first kappa shape index (κ1) is 14.4. The number of amides is 1. The molecule has 0 aliphatic rings. The maximum Gasteiger partial charge on any atom is 0.240 e. The molecule has 1 amide bonds. The number of likely N-dealkylation sites (N-methyl/N-ethyl adjacent to an activating group) is 1. The van der Waals surface area contributed by atoms with Crippen molar-refractivity contribution in [2.75, 3.05) is 6.54 Å². The van der Waals surface area contributed by atoms with Crippen molar-refractivity contribution in [1.29, 1.82) is 0 Å². The molecule has 0 saturated heterocycles. The Hall–Kier alpha value is -1.68. The molecule has 0 fully saturated rings. The Morgan fingerprint density at radius 2 is 2.33 bits per heavy atom. The monoisotopic (exact) mass is 250 g/mol. The molecule has 2 N–H and O–H groups in total. The van der Waals surface area contributed by atoms with E-state index < -0.39 is 6.04 Å². The van der Waals surface area contributed by atoms with E-state index in [1.165, 1.54) is 12.1 Å². The Labute approximate surface area is 107 Å². The molecule has 1 unspecified atom stereocenters. The zero-order valence-electron chi connectivity index (χ0n) is 10.6. The van der Waals surface area contributed by atoms with Crippen molar-refractivity contribution in [2.24, 2.45) is 5.73 Å². The second-order valence-corrected chi connectivity index (χ2v) is 4.11. The predicted molar refractivity (Wildman–Crippen MR) is 70.3 cm³/mol. The maximum absolute atomic E-state index is 13.1. The van der Waals surface area contributed by atoms with Gasteiger partial charge in [-0.25, -0.2) is 4.39 Å². The van der Waals surface area contributed by atoms with Crippen molar-refractivity contribution in [3.63, 3.8) is 0 Å². The third kappa shape index (κ3) is 3.96. The maximum atomic E-state index is 13.1. The Kier molecular flexibility index (Phi) is 5.52. The van der Waals surface area contributed by atoms with Gasteiger partial charge >= 0.3 is 0 Å². The molecule has 0 aromatic heterocycles. The molecule has 0 bridgehead atoms. The molecule has 18 heavy (non-hydrogen) atoms. The summed E-state index contributed by atoms with van der Waals surface area (Å²) in [4.78, 5) is 13.6. The van der Waals surface area contributed by atoms with E-state index in [1.54, 1.807) is 23.1 Å². The summed E-state index contributed by atoms with van der Waals surface area (Å²) in [5.41, 5.74) is 6.51. The van der Waals surface area contributed by atoms with Gasteiger partial charge in [0.2, 0.25) is 5.91 Å². The fraction of sp³-hybridized carbons (Fsp3) is 0.357. The number of nitrogens with two attached hydrogens (primary N) is 1. The predicted octanol–water partition coefficient (Wildman–Crippen LogP) is 2.08. The van der Waals surface area contributed by atoms with Gasteiger partial charge in [-0.2, -0.15) is 0 Å². The van der Waals surface area contributed by atoms with Gasteiger partial charge in [0.05, 0.1) is 6.04 Å². The van der Waals surface area contributed by atoms with Gasteiger partial charge in [0, 0.05) is 13.1 Å². The number of benzene rings is 1. The van der Waals surface area contributed by atoms with Crippen LogP contribution in [0.4, 0.5) is 4.39 Å². The number of carbonyl (C=O) groups is 1. The molecule has 98 valence electrons. The van der Waals surface area contributed by atoms with Crippen molar-refractivity contribution in [2.45, 2.75) is 25.9 Å². The molecule has 1 atom stereocenters. The summed E-state index contributed by atoms with van der Waals surface area (Å²) in [6.07, 6.45) is 2.07. The third-order valence-electron chi connectivity index (χ3n) is 2.69. The molecule has 0 saturated carbocycles.